The number of hydrogen-bond donors (Lipinski definition) is 1. The molecule has 0 saturated carbocycles. The van der Waals surface area contributed by atoms with Crippen LogP contribution in [0.2, 0.25) is 5.02 Å². The molecule has 1 aliphatic heterocycles. The van der Waals surface area contributed by atoms with Crippen molar-refractivity contribution >= 4 is 65.6 Å². The van der Waals surface area contributed by atoms with E-state index in [1.165, 1.54) is 51.2 Å². The van der Waals surface area contributed by atoms with E-state index in [2.05, 4.69) is 15.3 Å². The van der Waals surface area contributed by atoms with E-state index in [1.807, 2.05) is 29.6 Å². The molecule has 0 bridgehead atoms. The fraction of sp³-hybridized carbons (Fsp3) is 0.190. The molecule has 11 heteroatoms. The third-order valence-electron chi connectivity index (χ3n) is 5.17. The van der Waals surface area contributed by atoms with Gasteiger partial charge >= 0.3 is 0 Å². The van der Waals surface area contributed by atoms with Crippen molar-refractivity contribution in [2.24, 2.45) is 0 Å². The van der Waals surface area contributed by atoms with Gasteiger partial charge in [-0.2, -0.15) is 4.31 Å². The highest BCUT2D eigenvalue weighted by Crippen LogP contribution is 2.33. The van der Waals surface area contributed by atoms with Crippen molar-refractivity contribution in [2.45, 2.75) is 23.8 Å². The van der Waals surface area contributed by atoms with Crippen molar-refractivity contribution in [2.75, 3.05) is 11.9 Å². The first-order valence-electron chi connectivity index (χ1n) is 9.81. The Morgan fingerprint density at radius 1 is 1.12 bits per heavy atom. The van der Waals surface area contributed by atoms with Crippen LogP contribution in [0.5, 0.6) is 0 Å². The molecule has 0 aliphatic carbocycles. The second-order valence-corrected chi connectivity index (χ2v) is 11.5. The number of nitrogens with zero attached hydrogens (tertiary/aromatic N) is 3. The standard InChI is InChI=1S/C21H17ClN4O3S3/c22-13-7-9-14(10-8-13)32(28,29)26-11-3-5-17(26)19(27)25-21-24-16(12-30-21)20-23-15-4-1-2-6-18(15)31-20/h1-2,4,6-10,12,17H,3,5,11H2,(H,24,25,27). The van der Waals surface area contributed by atoms with Crippen LogP contribution in [0.4, 0.5) is 5.13 Å². The molecule has 0 radical (unpaired) electrons. The summed E-state index contributed by atoms with van der Waals surface area (Å²) >= 11 is 8.70. The van der Waals surface area contributed by atoms with Gasteiger partial charge in [0.15, 0.2) is 5.13 Å². The van der Waals surface area contributed by atoms with Gasteiger partial charge in [-0.3, -0.25) is 4.79 Å². The van der Waals surface area contributed by atoms with Gasteiger partial charge in [-0.25, -0.2) is 18.4 Å². The first-order chi connectivity index (χ1) is 15.4. The van der Waals surface area contributed by atoms with Crippen molar-refractivity contribution < 1.29 is 13.2 Å². The van der Waals surface area contributed by atoms with E-state index in [0.29, 0.717) is 28.7 Å². The Kier molecular flexibility index (Phi) is 5.72. The molecule has 1 saturated heterocycles. The molecular weight excluding hydrogens is 488 g/mol. The Morgan fingerprint density at radius 3 is 2.69 bits per heavy atom. The van der Waals surface area contributed by atoms with Gasteiger partial charge in [0.2, 0.25) is 15.9 Å². The Morgan fingerprint density at radius 2 is 1.91 bits per heavy atom. The van der Waals surface area contributed by atoms with Crippen LogP contribution in [0, 0.1) is 0 Å². The molecule has 0 spiro atoms. The number of carbonyl (C=O) groups is 1. The van der Waals surface area contributed by atoms with Gasteiger partial charge in [-0.15, -0.1) is 22.7 Å². The molecule has 1 unspecified atom stereocenters. The maximum absolute atomic E-state index is 13.1. The summed E-state index contributed by atoms with van der Waals surface area (Å²) in [4.78, 5) is 22.2. The fourth-order valence-electron chi connectivity index (χ4n) is 3.63. The average molecular weight is 505 g/mol. The molecule has 2 aromatic carbocycles. The minimum absolute atomic E-state index is 0.119. The summed E-state index contributed by atoms with van der Waals surface area (Å²) < 4.78 is 28.5. The van der Waals surface area contributed by atoms with E-state index in [0.717, 1.165) is 15.2 Å². The zero-order chi connectivity index (χ0) is 22.3. The molecule has 1 aliphatic rings. The van der Waals surface area contributed by atoms with Gasteiger partial charge in [0.1, 0.15) is 16.7 Å². The lowest BCUT2D eigenvalue weighted by Crippen LogP contribution is -2.43. The average Bonchev–Trinajstić information content (AvgIpc) is 3.52. The molecule has 1 atom stereocenters. The number of nitrogens with one attached hydrogen (secondary N) is 1. The molecule has 164 valence electrons. The van der Waals surface area contributed by atoms with E-state index >= 15 is 0 Å². The minimum atomic E-state index is -3.81. The molecule has 4 aromatic rings. The third kappa shape index (κ3) is 4.04. The predicted molar refractivity (Wildman–Crippen MR) is 128 cm³/mol. The number of carbonyl (C=O) groups excluding carboxylic acids is 1. The van der Waals surface area contributed by atoms with Crippen LogP contribution in [0.3, 0.4) is 0 Å². The maximum atomic E-state index is 13.1. The molecule has 5 rings (SSSR count). The largest absolute Gasteiger partial charge is 0.301 e. The summed E-state index contributed by atoms with van der Waals surface area (Å²) in [6.45, 7) is 0.290. The van der Waals surface area contributed by atoms with Crippen LogP contribution in [0.25, 0.3) is 20.9 Å². The highest BCUT2D eigenvalue weighted by atomic mass is 35.5. The third-order valence-corrected chi connectivity index (χ3v) is 9.16. The van der Waals surface area contributed by atoms with Crippen LogP contribution in [-0.4, -0.2) is 41.2 Å². The van der Waals surface area contributed by atoms with Crippen LogP contribution in [0.1, 0.15) is 12.8 Å². The second-order valence-electron chi connectivity index (χ2n) is 7.24. The minimum Gasteiger partial charge on any atom is -0.301 e. The van der Waals surface area contributed by atoms with E-state index in [-0.39, 0.29) is 17.3 Å². The van der Waals surface area contributed by atoms with Gasteiger partial charge in [0.25, 0.3) is 0 Å². The van der Waals surface area contributed by atoms with Crippen molar-refractivity contribution in [1.82, 2.24) is 14.3 Å². The number of aromatic nitrogens is 2. The van der Waals surface area contributed by atoms with Gasteiger partial charge in [0, 0.05) is 16.9 Å². The van der Waals surface area contributed by atoms with Gasteiger partial charge in [-0.1, -0.05) is 23.7 Å². The molecule has 1 N–H and O–H groups in total. The summed E-state index contributed by atoms with van der Waals surface area (Å²) in [7, 11) is -3.81. The Labute approximate surface area is 197 Å². The fourth-order valence-corrected chi connectivity index (χ4v) is 7.11. The number of anilines is 1. The Hall–Kier alpha value is -2.37. The lowest BCUT2D eigenvalue weighted by atomic mass is 10.2. The van der Waals surface area contributed by atoms with Crippen molar-refractivity contribution in [3.8, 4) is 10.7 Å². The summed E-state index contributed by atoms with van der Waals surface area (Å²) in [5, 5.41) is 6.27. The van der Waals surface area contributed by atoms with Crippen molar-refractivity contribution in [3.63, 3.8) is 0 Å². The second kappa shape index (κ2) is 8.53. The molecule has 2 aromatic heterocycles. The summed E-state index contributed by atoms with van der Waals surface area (Å²) in [6, 6.07) is 13.0. The van der Waals surface area contributed by atoms with Gasteiger partial charge < -0.3 is 5.32 Å². The number of amides is 1. The number of sulfonamides is 1. The molecular formula is C21H17ClN4O3S3. The van der Waals surface area contributed by atoms with Gasteiger partial charge in [0.05, 0.1) is 15.1 Å². The number of rotatable bonds is 5. The van der Waals surface area contributed by atoms with Crippen LogP contribution < -0.4 is 5.32 Å². The van der Waals surface area contributed by atoms with E-state index in [1.54, 1.807) is 0 Å². The van der Waals surface area contributed by atoms with Crippen molar-refractivity contribution in [3.05, 3.63) is 58.9 Å². The first kappa shape index (κ1) is 21.5. The zero-order valence-corrected chi connectivity index (χ0v) is 19.8. The first-order valence-corrected chi connectivity index (χ1v) is 13.3. The SMILES string of the molecule is O=C(Nc1nc(-c2nc3ccccc3s2)cs1)C1CCCN1S(=O)(=O)c1ccc(Cl)cc1. The molecule has 32 heavy (non-hydrogen) atoms. The number of para-hydroxylation sites is 1. The summed E-state index contributed by atoms with van der Waals surface area (Å²) in [5.74, 6) is -0.384. The topological polar surface area (TPSA) is 92.3 Å². The van der Waals surface area contributed by atoms with Crippen LogP contribution in [0.15, 0.2) is 58.8 Å². The Balaban J connectivity index is 1.34. The smallest absolute Gasteiger partial charge is 0.244 e. The highest BCUT2D eigenvalue weighted by Gasteiger charge is 2.39. The molecule has 3 heterocycles. The van der Waals surface area contributed by atoms with E-state index in [4.69, 9.17) is 11.6 Å². The normalized spacial score (nSPS) is 17.1. The highest BCUT2D eigenvalue weighted by molar-refractivity contribution is 7.89. The zero-order valence-electron chi connectivity index (χ0n) is 16.6. The molecule has 1 amide bonds. The van der Waals surface area contributed by atoms with E-state index < -0.39 is 16.1 Å². The van der Waals surface area contributed by atoms with Gasteiger partial charge in [-0.05, 0) is 49.2 Å². The lowest BCUT2D eigenvalue weighted by Gasteiger charge is -2.23. The maximum Gasteiger partial charge on any atom is 0.244 e. The number of thiazole rings is 2. The quantitative estimate of drug-likeness (QED) is 0.419. The summed E-state index contributed by atoms with van der Waals surface area (Å²) in [6.07, 6.45) is 1.06. The van der Waals surface area contributed by atoms with Crippen molar-refractivity contribution in [1.29, 1.82) is 0 Å². The Bertz CT molecular complexity index is 1370. The number of hydrogen-bond acceptors (Lipinski definition) is 7. The van der Waals surface area contributed by atoms with Crippen LogP contribution in [-0.2, 0) is 14.8 Å². The lowest BCUT2D eigenvalue weighted by molar-refractivity contribution is -0.119. The van der Waals surface area contributed by atoms with Crippen LogP contribution >= 0.6 is 34.3 Å². The number of halogens is 1. The number of fused-ring (bicyclic) bond motifs is 1. The number of benzene rings is 2. The monoisotopic (exact) mass is 504 g/mol. The summed E-state index contributed by atoms with van der Waals surface area (Å²) in [5.41, 5.74) is 1.59. The predicted octanol–water partition coefficient (Wildman–Crippen LogP) is 4.87. The van der Waals surface area contributed by atoms with E-state index in [9.17, 15) is 13.2 Å². The molecule has 1 fully saturated rings. The molecule has 7 nitrogen and oxygen atoms in total.